The summed E-state index contributed by atoms with van der Waals surface area (Å²) in [6.07, 6.45) is 5.41. The molecule has 0 bridgehead atoms. The molecule has 5 heteroatoms. The van der Waals surface area contributed by atoms with Crippen molar-refractivity contribution in [1.29, 1.82) is 0 Å². The standard InChI is InChI=1S/C9H12N4S/c1-7(9-4-11-6-14-9)12-3-8-2-10-5-13-8/h2,4-7,12H,3H2,1H3,(H,10,13). The van der Waals surface area contributed by atoms with Gasteiger partial charge in [0.15, 0.2) is 0 Å². The Bertz CT molecular complexity index is 354. The Kier molecular flexibility index (Phi) is 2.90. The van der Waals surface area contributed by atoms with Crippen molar-refractivity contribution in [3.63, 3.8) is 0 Å². The molecule has 2 N–H and O–H groups in total. The molecule has 0 aliphatic carbocycles. The first-order valence-corrected chi connectivity index (χ1v) is 5.33. The fourth-order valence-corrected chi connectivity index (χ4v) is 1.84. The highest BCUT2D eigenvalue weighted by molar-refractivity contribution is 7.09. The third-order valence-corrected chi connectivity index (χ3v) is 2.99. The summed E-state index contributed by atoms with van der Waals surface area (Å²) < 4.78 is 0. The van der Waals surface area contributed by atoms with Gasteiger partial charge in [0.2, 0.25) is 0 Å². The van der Waals surface area contributed by atoms with Gasteiger partial charge in [0, 0.05) is 35.6 Å². The van der Waals surface area contributed by atoms with Gasteiger partial charge < -0.3 is 10.3 Å². The number of hydrogen-bond donors (Lipinski definition) is 2. The monoisotopic (exact) mass is 208 g/mol. The summed E-state index contributed by atoms with van der Waals surface area (Å²) in [6.45, 7) is 2.93. The van der Waals surface area contributed by atoms with Gasteiger partial charge in [-0.1, -0.05) is 0 Å². The Balaban J connectivity index is 1.87. The summed E-state index contributed by atoms with van der Waals surface area (Å²) in [7, 11) is 0. The number of aromatic nitrogens is 3. The molecule has 0 fully saturated rings. The highest BCUT2D eigenvalue weighted by Gasteiger charge is 2.05. The van der Waals surface area contributed by atoms with Crippen molar-refractivity contribution in [3.05, 3.63) is 34.8 Å². The number of rotatable bonds is 4. The molecule has 4 nitrogen and oxygen atoms in total. The molecular weight excluding hydrogens is 196 g/mol. The van der Waals surface area contributed by atoms with Gasteiger partial charge in [-0.15, -0.1) is 11.3 Å². The fraction of sp³-hybridized carbons (Fsp3) is 0.333. The second-order valence-corrected chi connectivity index (χ2v) is 4.00. The third-order valence-electron chi connectivity index (χ3n) is 2.03. The summed E-state index contributed by atoms with van der Waals surface area (Å²) in [5.74, 6) is 0. The first-order valence-electron chi connectivity index (χ1n) is 4.45. The Labute approximate surface area is 86.4 Å². The lowest BCUT2D eigenvalue weighted by atomic mass is 10.3. The first-order chi connectivity index (χ1) is 6.86. The van der Waals surface area contributed by atoms with E-state index in [9.17, 15) is 0 Å². The Hall–Kier alpha value is -1.20. The maximum atomic E-state index is 4.05. The first kappa shape index (κ1) is 9.36. The van der Waals surface area contributed by atoms with Gasteiger partial charge in [-0.3, -0.25) is 4.98 Å². The second-order valence-electron chi connectivity index (χ2n) is 3.08. The lowest BCUT2D eigenvalue weighted by Crippen LogP contribution is -2.17. The van der Waals surface area contributed by atoms with Crippen LogP contribution in [0.4, 0.5) is 0 Å². The van der Waals surface area contributed by atoms with E-state index >= 15 is 0 Å². The van der Waals surface area contributed by atoms with E-state index in [1.807, 2.05) is 17.9 Å². The number of aromatic amines is 1. The lowest BCUT2D eigenvalue weighted by Gasteiger charge is -2.09. The predicted molar refractivity (Wildman–Crippen MR) is 56.0 cm³/mol. The van der Waals surface area contributed by atoms with E-state index in [0.29, 0.717) is 6.04 Å². The average molecular weight is 208 g/mol. The molecule has 0 radical (unpaired) electrons. The minimum Gasteiger partial charge on any atom is -0.347 e. The predicted octanol–water partition coefficient (Wildman–Crippen LogP) is 1.72. The van der Waals surface area contributed by atoms with Crippen LogP contribution in [-0.2, 0) is 6.54 Å². The van der Waals surface area contributed by atoms with Crippen LogP contribution in [0.1, 0.15) is 23.5 Å². The molecule has 0 aliphatic heterocycles. The number of nitrogens with one attached hydrogen (secondary N) is 2. The number of nitrogens with zero attached hydrogens (tertiary/aromatic N) is 2. The van der Waals surface area contributed by atoms with E-state index in [0.717, 1.165) is 12.2 Å². The second kappa shape index (κ2) is 4.34. The molecule has 2 heterocycles. The minimum atomic E-state index is 0.339. The van der Waals surface area contributed by atoms with Gasteiger partial charge in [0.1, 0.15) is 0 Å². The quantitative estimate of drug-likeness (QED) is 0.804. The van der Waals surface area contributed by atoms with E-state index in [2.05, 4.69) is 27.2 Å². The van der Waals surface area contributed by atoms with Gasteiger partial charge in [-0.05, 0) is 6.92 Å². The van der Waals surface area contributed by atoms with E-state index in [4.69, 9.17) is 0 Å². The van der Waals surface area contributed by atoms with Gasteiger partial charge in [-0.25, -0.2) is 4.98 Å². The summed E-state index contributed by atoms with van der Waals surface area (Å²) in [6, 6.07) is 0.339. The minimum absolute atomic E-state index is 0.339. The maximum absolute atomic E-state index is 4.05. The van der Waals surface area contributed by atoms with E-state index in [1.54, 1.807) is 17.7 Å². The van der Waals surface area contributed by atoms with Gasteiger partial charge >= 0.3 is 0 Å². The molecule has 0 aliphatic rings. The smallest absolute Gasteiger partial charge is 0.0922 e. The van der Waals surface area contributed by atoms with Gasteiger partial charge in [0.25, 0.3) is 0 Å². The van der Waals surface area contributed by atoms with Crippen molar-refractivity contribution in [3.8, 4) is 0 Å². The molecule has 1 unspecified atom stereocenters. The normalized spacial score (nSPS) is 12.9. The Morgan fingerprint density at radius 3 is 3.07 bits per heavy atom. The Morgan fingerprint density at radius 1 is 1.50 bits per heavy atom. The maximum Gasteiger partial charge on any atom is 0.0922 e. The van der Waals surface area contributed by atoms with E-state index in [-0.39, 0.29) is 0 Å². The summed E-state index contributed by atoms with van der Waals surface area (Å²) in [5.41, 5.74) is 2.95. The van der Waals surface area contributed by atoms with Crippen molar-refractivity contribution < 1.29 is 0 Å². The molecule has 0 spiro atoms. The highest BCUT2D eigenvalue weighted by atomic mass is 32.1. The van der Waals surface area contributed by atoms with Crippen LogP contribution in [0.15, 0.2) is 24.2 Å². The third kappa shape index (κ3) is 2.18. The SMILES string of the molecule is CC(NCc1cnc[nH]1)c1cncs1. The van der Waals surface area contributed by atoms with Crippen molar-refractivity contribution in [2.45, 2.75) is 19.5 Å². The largest absolute Gasteiger partial charge is 0.347 e. The zero-order valence-electron chi connectivity index (χ0n) is 7.90. The zero-order chi connectivity index (χ0) is 9.80. The molecular formula is C9H12N4S. The van der Waals surface area contributed by atoms with Crippen LogP contribution in [0.2, 0.25) is 0 Å². The molecule has 0 saturated heterocycles. The van der Waals surface area contributed by atoms with Crippen molar-refractivity contribution in [1.82, 2.24) is 20.3 Å². The topological polar surface area (TPSA) is 53.6 Å². The molecule has 2 aromatic heterocycles. The zero-order valence-corrected chi connectivity index (χ0v) is 8.71. The van der Waals surface area contributed by atoms with Crippen LogP contribution >= 0.6 is 11.3 Å². The van der Waals surface area contributed by atoms with E-state index in [1.165, 1.54) is 4.88 Å². The summed E-state index contributed by atoms with van der Waals surface area (Å²) >= 11 is 1.67. The van der Waals surface area contributed by atoms with Crippen molar-refractivity contribution >= 4 is 11.3 Å². The molecule has 14 heavy (non-hydrogen) atoms. The van der Waals surface area contributed by atoms with Crippen LogP contribution in [-0.4, -0.2) is 15.0 Å². The summed E-state index contributed by atoms with van der Waals surface area (Å²) in [4.78, 5) is 12.3. The van der Waals surface area contributed by atoms with Crippen LogP contribution in [0, 0.1) is 0 Å². The van der Waals surface area contributed by atoms with Crippen molar-refractivity contribution in [2.24, 2.45) is 0 Å². The lowest BCUT2D eigenvalue weighted by molar-refractivity contribution is 0.576. The molecule has 1 atom stereocenters. The molecule has 74 valence electrons. The van der Waals surface area contributed by atoms with Crippen LogP contribution < -0.4 is 5.32 Å². The molecule has 2 aromatic rings. The molecule has 0 saturated carbocycles. The van der Waals surface area contributed by atoms with Crippen molar-refractivity contribution in [2.75, 3.05) is 0 Å². The Morgan fingerprint density at radius 2 is 2.43 bits per heavy atom. The fourth-order valence-electron chi connectivity index (χ4n) is 1.18. The molecule has 0 aromatic carbocycles. The van der Waals surface area contributed by atoms with E-state index < -0.39 is 0 Å². The number of H-pyrrole nitrogens is 1. The molecule has 2 rings (SSSR count). The van der Waals surface area contributed by atoms with Crippen LogP contribution in [0.3, 0.4) is 0 Å². The number of thiazole rings is 1. The van der Waals surface area contributed by atoms with Crippen LogP contribution in [0.25, 0.3) is 0 Å². The van der Waals surface area contributed by atoms with Gasteiger partial charge in [0.05, 0.1) is 11.8 Å². The molecule has 0 amide bonds. The van der Waals surface area contributed by atoms with Gasteiger partial charge in [-0.2, -0.15) is 0 Å². The average Bonchev–Trinajstić information content (AvgIpc) is 2.87. The van der Waals surface area contributed by atoms with Crippen LogP contribution in [0.5, 0.6) is 0 Å². The highest BCUT2D eigenvalue weighted by Crippen LogP contribution is 2.16. The number of hydrogen-bond acceptors (Lipinski definition) is 4. The summed E-state index contributed by atoms with van der Waals surface area (Å²) in [5, 5.41) is 3.39. The number of imidazole rings is 1.